The molecule has 78 valence electrons. The van der Waals surface area contributed by atoms with Crippen LogP contribution in [0.1, 0.15) is 12.5 Å². The Morgan fingerprint density at radius 2 is 2.00 bits per heavy atom. The summed E-state index contributed by atoms with van der Waals surface area (Å²) in [5, 5.41) is 3.22. The molecule has 1 aromatic carbocycles. The monoisotopic (exact) mass is 257 g/mol. The number of halogens is 1. The van der Waals surface area contributed by atoms with Crippen LogP contribution in [0, 0.1) is 0 Å². The van der Waals surface area contributed by atoms with Crippen LogP contribution in [0.25, 0.3) is 0 Å². The molecule has 0 aromatic heterocycles. The lowest BCUT2D eigenvalue weighted by atomic mass is 10.1. The molecule has 0 bridgehead atoms. The smallest absolute Gasteiger partial charge is 0.119 e. The average molecular weight is 258 g/mol. The van der Waals surface area contributed by atoms with Gasteiger partial charge in [-0.05, 0) is 37.6 Å². The molecule has 3 heteroatoms. The summed E-state index contributed by atoms with van der Waals surface area (Å²) in [5.41, 5.74) is 2.19. The van der Waals surface area contributed by atoms with Gasteiger partial charge in [-0.1, -0.05) is 28.1 Å². The van der Waals surface area contributed by atoms with Crippen molar-refractivity contribution >= 4 is 15.9 Å². The molecule has 0 aliphatic rings. The molecule has 0 aliphatic carbocycles. The topological polar surface area (TPSA) is 21.3 Å². The van der Waals surface area contributed by atoms with Crippen molar-refractivity contribution in [3.63, 3.8) is 0 Å². The molecule has 1 rings (SSSR count). The number of alkyl halides is 1. The molecule has 1 aromatic rings. The Balaban J connectivity index is 2.38. The maximum Gasteiger partial charge on any atom is 0.119 e. The molecule has 0 radical (unpaired) electrons. The Kier molecular flexibility index (Phi) is 5.64. The first-order valence-corrected chi connectivity index (χ1v) is 5.97. The van der Waals surface area contributed by atoms with Gasteiger partial charge in [0.2, 0.25) is 0 Å². The van der Waals surface area contributed by atoms with E-state index in [1.54, 1.807) is 0 Å². The molecule has 0 aliphatic heterocycles. The fourth-order valence-electron chi connectivity index (χ4n) is 1.22. The zero-order chi connectivity index (χ0) is 10.2. The Hall–Kier alpha value is -0.540. The van der Waals surface area contributed by atoms with Gasteiger partial charge in [-0.25, -0.2) is 0 Å². The predicted molar refractivity (Wildman–Crippen MR) is 63.1 cm³/mol. The highest BCUT2D eigenvalue weighted by molar-refractivity contribution is 9.09. The summed E-state index contributed by atoms with van der Waals surface area (Å²) in [4.78, 5) is 0. The second-order valence-electron chi connectivity index (χ2n) is 2.96. The number of nitrogens with one attached hydrogen (secondary N) is 1. The van der Waals surface area contributed by atoms with Gasteiger partial charge in [-0.15, -0.1) is 0 Å². The first-order chi connectivity index (χ1) is 6.86. The lowest BCUT2D eigenvalue weighted by molar-refractivity contribution is 0.340. The Morgan fingerprint density at radius 1 is 1.29 bits per heavy atom. The standard InChI is InChI=1S/C11H16BrNO/c1-2-14-11-5-3-10(4-6-11)7-8-13-9-12/h3-6,13H,2,7-9H2,1H3. The molecular formula is C11H16BrNO. The van der Waals surface area contributed by atoms with Crippen molar-refractivity contribution in [3.8, 4) is 5.75 Å². The quantitative estimate of drug-likeness (QED) is 0.481. The zero-order valence-corrected chi connectivity index (χ0v) is 10.0. The number of ether oxygens (including phenoxy) is 1. The first kappa shape index (κ1) is 11.5. The molecule has 14 heavy (non-hydrogen) atoms. The van der Waals surface area contributed by atoms with Crippen LogP contribution in [-0.4, -0.2) is 18.6 Å². The average Bonchev–Trinajstić information content (AvgIpc) is 2.21. The van der Waals surface area contributed by atoms with Crippen molar-refractivity contribution in [1.82, 2.24) is 5.32 Å². The third kappa shape index (κ3) is 4.11. The third-order valence-corrected chi connectivity index (χ3v) is 2.32. The summed E-state index contributed by atoms with van der Waals surface area (Å²) in [6.07, 6.45) is 1.05. The van der Waals surface area contributed by atoms with Crippen LogP contribution >= 0.6 is 15.9 Å². The Bertz CT molecular complexity index is 248. The highest BCUT2D eigenvalue weighted by Gasteiger charge is 1.94. The van der Waals surface area contributed by atoms with Crippen LogP contribution in [0.4, 0.5) is 0 Å². The van der Waals surface area contributed by atoms with Gasteiger partial charge >= 0.3 is 0 Å². The maximum atomic E-state index is 5.36. The van der Waals surface area contributed by atoms with E-state index in [0.717, 1.165) is 30.8 Å². The minimum absolute atomic E-state index is 0.727. The summed E-state index contributed by atoms with van der Waals surface area (Å²) in [7, 11) is 0. The number of hydrogen-bond acceptors (Lipinski definition) is 2. The van der Waals surface area contributed by atoms with Gasteiger partial charge in [0.15, 0.2) is 0 Å². The lowest BCUT2D eigenvalue weighted by Gasteiger charge is -2.04. The first-order valence-electron chi connectivity index (χ1n) is 4.85. The van der Waals surface area contributed by atoms with E-state index in [-0.39, 0.29) is 0 Å². The number of benzene rings is 1. The third-order valence-electron chi connectivity index (χ3n) is 1.92. The van der Waals surface area contributed by atoms with Crippen LogP contribution < -0.4 is 10.1 Å². The van der Waals surface area contributed by atoms with Crippen LogP contribution in [0.5, 0.6) is 5.75 Å². The minimum Gasteiger partial charge on any atom is -0.494 e. The molecule has 0 amide bonds. The van der Waals surface area contributed by atoms with Gasteiger partial charge < -0.3 is 10.1 Å². The summed E-state index contributed by atoms with van der Waals surface area (Å²) in [5.74, 6) is 0.949. The molecular weight excluding hydrogens is 242 g/mol. The Labute approximate surface area is 93.8 Å². The van der Waals surface area contributed by atoms with Crippen molar-refractivity contribution in [2.24, 2.45) is 0 Å². The molecule has 1 N–H and O–H groups in total. The highest BCUT2D eigenvalue weighted by atomic mass is 79.9. The largest absolute Gasteiger partial charge is 0.494 e. The fourth-order valence-corrected chi connectivity index (χ4v) is 1.50. The van der Waals surface area contributed by atoms with Crippen LogP contribution in [-0.2, 0) is 6.42 Å². The van der Waals surface area contributed by atoms with Crippen molar-refractivity contribution in [2.45, 2.75) is 13.3 Å². The summed E-state index contributed by atoms with van der Waals surface area (Å²) in [6, 6.07) is 8.27. The SMILES string of the molecule is CCOc1ccc(CCNCBr)cc1. The second-order valence-corrected chi connectivity index (χ2v) is 3.52. The van der Waals surface area contributed by atoms with Crippen molar-refractivity contribution < 1.29 is 4.74 Å². The van der Waals surface area contributed by atoms with E-state index in [4.69, 9.17) is 4.74 Å². The van der Waals surface area contributed by atoms with Crippen molar-refractivity contribution in [3.05, 3.63) is 29.8 Å². The highest BCUT2D eigenvalue weighted by Crippen LogP contribution is 2.12. The molecule has 0 unspecified atom stereocenters. The van der Waals surface area contributed by atoms with Gasteiger partial charge in [0.05, 0.1) is 12.1 Å². The zero-order valence-electron chi connectivity index (χ0n) is 8.42. The minimum atomic E-state index is 0.727. The molecule has 0 heterocycles. The van der Waals surface area contributed by atoms with Crippen LogP contribution in [0.15, 0.2) is 24.3 Å². The van der Waals surface area contributed by atoms with Gasteiger partial charge in [-0.3, -0.25) is 0 Å². The summed E-state index contributed by atoms with van der Waals surface area (Å²) < 4.78 is 5.36. The summed E-state index contributed by atoms with van der Waals surface area (Å²) >= 11 is 3.32. The summed E-state index contributed by atoms with van der Waals surface area (Å²) in [6.45, 7) is 3.72. The van der Waals surface area contributed by atoms with Gasteiger partial charge in [0.25, 0.3) is 0 Å². The maximum absolute atomic E-state index is 5.36. The molecule has 0 saturated carbocycles. The molecule has 0 atom stereocenters. The lowest BCUT2D eigenvalue weighted by Crippen LogP contribution is -2.14. The number of hydrogen-bond donors (Lipinski definition) is 1. The van der Waals surface area contributed by atoms with Crippen molar-refractivity contribution in [1.29, 1.82) is 0 Å². The van der Waals surface area contributed by atoms with Gasteiger partial charge in [0.1, 0.15) is 5.75 Å². The van der Waals surface area contributed by atoms with E-state index in [1.807, 2.05) is 19.1 Å². The molecule has 0 saturated heterocycles. The van der Waals surface area contributed by atoms with Crippen LogP contribution in [0.2, 0.25) is 0 Å². The van der Waals surface area contributed by atoms with Crippen LogP contribution in [0.3, 0.4) is 0 Å². The van der Waals surface area contributed by atoms with E-state index in [2.05, 4.69) is 33.4 Å². The van der Waals surface area contributed by atoms with E-state index in [9.17, 15) is 0 Å². The van der Waals surface area contributed by atoms with Gasteiger partial charge in [0, 0.05) is 0 Å². The van der Waals surface area contributed by atoms with E-state index >= 15 is 0 Å². The van der Waals surface area contributed by atoms with Gasteiger partial charge in [-0.2, -0.15) is 0 Å². The normalized spacial score (nSPS) is 10.1. The molecule has 0 fully saturated rings. The molecule has 2 nitrogen and oxygen atoms in total. The van der Waals surface area contributed by atoms with E-state index in [1.165, 1.54) is 5.56 Å². The number of rotatable bonds is 6. The van der Waals surface area contributed by atoms with Crippen molar-refractivity contribution in [2.75, 3.05) is 18.6 Å². The van der Waals surface area contributed by atoms with E-state index in [0.29, 0.717) is 0 Å². The van der Waals surface area contributed by atoms with E-state index < -0.39 is 0 Å². The second kappa shape index (κ2) is 6.85. The Morgan fingerprint density at radius 3 is 2.57 bits per heavy atom. The predicted octanol–water partition coefficient (Wildman–Crippen LogP) is 2.57. The fraction of sp³-hybridized carbons (Fsp3) is 0.455. The molecule has 0 spiro atoms.